The van der Waals surface area contributed by atoms with Gasteiger partial charge in [0.05, 0.1) is 36.4 Å². The number of anilines is 3. The van der Waals surface area contributed by atoms with E-state index >= 15 is 0 Å². The molecule has 0 aliphatic heterocycles. The van der Waals surface area contributed by atoms with E-state index in [1.54, 1.807) is 18.3 Å². The molecule has 1 amide bonds. The number of nitrogens with zero attached hydrogens (tertiary/aromatic N) is 2. The van der Waals surface area contributed by atoms with Gasteiger partial charge in [-0.15, -0.1) is 0 Å². The minimum Gasteiger partial charge on any atom is -0.481 e. The molecule has 2 aromatic heterocycles. The molecule has 0 spiro atoms. The zero-order valence-corrected chi connectivity index (χ0v) is 10.3. The van der Waals surface area contributed by atoms with Gasteiger partial charge in [0, 0.05) is 6.07 Å². The van der Waals surface area contributed by atoms with Gasteiger partial charge in [0.2, 0.25) is 5.88 Å². The van der Waals surface area contributed by atoms with E-state index in [-0.39, 0.29) is 5.56 Å². The topological polar surface area (TPSA) is 116 Å². The Morgan fingerprint density at radius 3 is 2.68 bits per heavy atom. The van der Waals surface area contributed by atoms with Gasteiger partial charge in [-0.05, 0) is 12.1 Å². The van der Waals surface area contributed by atoms with E-state index in [1.165, 1.54) is 19.4 Å². The summed E-state index contributed by atoms with van der Waals surface area (Å²) >= 11 is 0. The third kappa shape index (κ3) is 2.89. The second kappa shape index (κ2) is 5.21. The van der Waals surface area contributed by atoms with Crippen molar-refractivity contribution >= 4 is 23.1 Å². The molecule has 5 N–H and O–H groups in total. The second-order valence-corrected chi connectivity index (χ2v) is 3.74. The maximum atomic E-state index is 11.3. The van der Waals surface area contributed by atoms with Crippen LogP contribution >= 0.6 is 0 Å². The number of ether oxygens (including phenoxy) is 1. The van der Waals surface area contributed by atoms with Crippen LogP contribution in [0.4, 0.5) is 17.2 Å². The zero-order chi connectivity index (χ0) is 13.8. The smallest absolute Gasteiger partial charge is 0.252 e. The number of methoxy groups -OCH3 is 1. The highest BCUT2D eigenvalue weighted by molar-refractivity contribution is 5.99. The van der Waals surface area contributed by atoms with Crippen molar-refractivity contribution in [2.24, 2.45) is 5.73 Å². The third-order valence-corrected chi connectivity index (χ3v) is 2.38. The number of carbonyl (C=O) groups excluding carboxylic acids is 1. The van der Waals surface area contributed by atoms with Crippen molar-refractivity contribution in [3.63, 3.8) is 0 Å². The zero-order valence-electron chi connectivity index (χ0n) is 10.3. The Hall–Kier alpha value is -2.83. The average molecular weight is 259 g/mol. The third-order valence-electron chi connectivity index (χ3n) is 2.38. The van der Waals surface area contributed by atoms with Gasteiger partial charge in [0.25, 0.3) is 5.91 Å². The number of nitrogens with two attached hydrogens (primary N) is 2. The fraction of sp³-hybridized carbons (Fsp3) is 0.0833. The van der Waals surface area contributed by atoms with Crippen LogP contribution in [0.2, 0.25) is 0 Å². The highest BCUT2D eigenvalue weighted by Crippen LogP contribution is 2.20. The number of nitrogens with one attached hydrogen (secondary N) is 1. The summed E-state index contributed by atoms with van der Waals surface area (Å²) in [6.07, 6.45) is 2.99. The normalized spacial score (nSPS) is 9.95. The minimum atomic E-state index is -0.608. The summed E-state index contributed by atoms with van der Waals surface area (Å²) in [6.45, 7) is 0. The summed E-state index contributed by atoms with van der Waals surface area (Å²) in [5.41, 5.74) is 12.1. The first-order valence-electron chi connectivity index (χ1n) is 5.42. The van der Waals surface area contributed by atoms with E-state index in [0.29, 0.717) is 23.1 Å². The van der Waals surface area contributed by atoms with Gasteiger partial charge in [-0.25, -0.2) is 9.97 Å². The Morgan fingerprint density at radius 1 is 1.32 bits per heavy atom. The van der Waals surface area contributed by atoms with Crippen molar-refractivity contribution in [1.82, 2.24) is 9.97 Å². The van der Waals surface area contributed by atoms with Gasteiger partial charge in [-0.1, -0.05) is 0 Å². The lowest BCUT2D eigenvalue weighted by molar-refractivity contribution is 0.100. The van der Waals surface area contributed by atoms with Gasteiger partial charge in [-0.3, -0.25) is 4.79 Å². The predicted octanol–water partition coefficient (Wildman–Crippen LogP) is 0.910. The highest BCUT2D eigenvalue weighted by Gasteiger charge is 2.10. The van der Waals surface area contributed by atoms with E-state index in [1.807, 2.05) is 0 Å². The Morgan fingerprint density at radius 2 is 2.11 bits per heavy atom. The molecule has 0 radical (unpaired) electrons. The van der Waals surface area contributed by atoms with Crippen LogP contribution in [0.5, 0.6) is 5.88 Å². The van der Waals surface area contributed by atoms with Crippen molar-refractivity contribution in [3.8, 4) is 5.88 Å². The molecule has 2 rings (SSSR count). The molecule has 0 bridgehead atoms. The molecule has 2 heterocycles. The van der Waals surface area contributed by atoms with Crippen LogP contribution in [0, 0.1) is 0 Å². The van der Waals surface area contributed by atoms with Crippen LogP contribution < -0.4 is 21.5 Å². The number of hydrogen-bond donors (Lipinski definition) is 3. The minimum absolute atomic E-state index is 0.218. The molecular weight excluding hydrogens is 246 g/mol. The fourth-order valence-electron chi connectivity index (χ4n) is 1.48. The molecular formula is C12H13N5O2. The first-order valence-corrected chi connectivity index (χ1v) is 5.42. The Kier molecular flexibility index (Phi) is 3.46. The van der Waals surface area contributed by atoms with E-state index in [9.17, 15) is 4.79 Å². The summed E-state index contributed by atoms with van der Waals surface area (Å²) in [5.74, 6) is 0.211. The van der Waals surface area contributed by atoms with Gasteiger partial charge < -0.3 is 21.5 Å². The van der Waals surface area contributed by atoms with E-state index in [0.717, 1.165) is 0 Å². The van der Waals surface area contributed by atoms with Crippen LogP contribution in [-0.4, -0.2) is 23.0 Å². The van der Waals surface area contributed by atoms with Crippen LogP contribution in [0.25, 0.3) is 0 Å². The number of aromatic nitrogens is 2. The lowest BCUT2D eigenvalue weighted by Crippen LogP contribution is -2.14. The summed E-state index contributed by atoms with van der Waals surface area (Å²) in [7, 11) is 1.53. The summed E-state index contributed by atoms with van der Waals surface area (Å²) in [5, 5.41) is 2.95. The number of pyridine rings is 2. The van der Waals surface area contributed by atoms with Gasteiger partial charge in [-0.2, -0.15) is 0 Å². The van der Waals surface area contributed by atoms with Gasteiger partial charge in [0.15, 0.2) is 0 Å². The monoisotopic (exact) mass is 259 g/mol. The van der Waals surface area contributed by atoms with Crippen molar-refractivity contribution < 1.29 is 9.53 Å². The molecule has 19 heavy (non-hydrogen) atoms. The molecule has 0 saturated heterocycles. The van der Waals surface area contributed by atoms with Crippen molar-refractivity contribution in [1.29, 1.82) is 0 Å². The molecule has 7 nitrogen and oxygen atoms in total. The van der Waals surface area contributed by atoms with Gasteiger partial charge >= 0.3 is 0 Å². The first kappa shape index (κ1) is 12.6. The van der Waals surface area contributed by atoms with Crippen molar-refractivity contribution in [2.75, 3.05) is 18.2 Å². The number of carbonyl (C=O) groups is 1. The number of primary amides is 1. The molecule has 0 fully saturated rings. The van der Waals surface area contributed by atoms with Crippen molar-refractivity contribution in [3.05, 3.63) is 36.2 Å². The van der Waals surface area contributed by atoms with Crippen LogP contribution in [0.15, 0.2) is 30.6 Å². The van der Waals surface area contributed by atoms with E-state index in [2.05, 4.69) is 15.3 Å². The number of nitrogen functional groups attached to an aromatic ring is 1. The Balaban J connectivity index is 2.29. The van der Waals surface area contributed by atoms with Crippen LogP contribution in [0.1, 0.15) is 10.4 Å². The average Bonchev–Trinajstić information content (AvgIpc) is 2.41. The van der Waals surface area contributed by atoms with Gasteiger partial charge in [0.1, 0.15) is 5.82 Å². The van der Waals surface area contributed by atoms with Crippen LogP contribution in [0.3, 0.4) is 0 Å². The second-order valence-electron chi connectivity index (χ2n) is 3.74. The van der Waals surface area contributed by atoms with E-state index < -0.39 is 5.91 Å². The molecule has 7 heteroatoms. The van der Waals surface area contributed by atoms with Crippen LogP contribution in [-0.2, 0) is 0 Å². The molecule has 0 aliphatic rings. The SMILES string of the molecule is COc1ccc(Nc2ncc(N)cc2C(N)=O)cn1. The van der Waals surface area contributed by atoms with E-state index in [4.69, 9.17) is 16.2 Å². The molecule has 2 aromatic rings. The standard InChI is InChI=1S/C12H13N5O2/c1-19-10-3-2-8(6-15-10)17-12-9(11(14)18)4-7(13)5-16-12/h2-6H,13H2,1H3,(H2,14,18)(H,16,17). The molecule has 0 aromatic carbocycles. The lowest BCUT2D eigenvalue weighted by Gasteiger charge is -2.09. The largest absolute Gasteiger partial charge is 0.481 e. The lowest BCUT2D eigenvalue weighted by atomic mass is 10.2. The Bertz CT molecular complexity index is 598. The summed E-state index contributed by atoms with van der Waals surface area (Å²) < 4.78 is 4.95. The van der Waals surface area contributed by atoms with Crippen molar-refractivity contribution in [2.45, 2.75) is 0 Å². The molecule has 0 saturated carbocycles. The number of amides is 1. The maximum absolute atomic E-state index is 11.3. The molecule has 0 aliphatic carbocycles. The number of rotatable bonds is 4. The Labute approximate surface area is 109 Å². The predicted molar refractivity (Wildman–Crippen MR) is 71.2 cm³/mol. The highest BCUT2D eigenvalue weighted by atomic mass is 16.5. The number of hydrogen-bond acceptors (Lipinski definition) is 6. The molecule has 0 unspecified atom stereocenters. The first-order chi connectivity index (χ1) is 9.10. The summed E-state index contributed by atoms with van der Waals surface area (Å²) in [4.78, 5) is 19.4. The molecule has 98 valence electrons. The quantitative estimate of drug-likeness (QED) is 0.751. The fourth-order valence-corrected chi connectivity index (χ4v) is 1.48. The molecule has 0 atom stereocenters. The summed E-state index contributed by atoms with van der Waals surface area (Å²) in [6, 6.07) is 4.90. The maximum Gasteiger partial charge on any atom is 0.252 e.